The third kappa shape index (κ3) is 1.81. The molecule has 0 amide bonds. The first-order chi connectivity index (χ1) is 7.20. The van der Waals surface area contributed by atoms with E-state index in [0.717, 1.165) is 10.1 Å². The molecule has 0 N–H and O–H groups in total. The molecule has 0 aliphatic heterocycles. The van der Waals surface area contributed by atoms with E-state index in [2.05, 4.69) is 41.2 Å². The van der Waals surface area contributed by atoms with Gasteiger partial charge in [-0.2, -0.15) is 0 Å². The summed E-state index contributed by atoms with van der Waals surface area (Å²) >= 11 is 2.42. The van der Waals surface area contributed by atoms with Crippen molar-refractivity contribution in [2.45, 2.75) is 57.1 Å². The molecule has 2 aliphatic rings. The summed E-state index contributed by atoms with van der Waals surface area (Å²) in [7, 11) is 0. The van der Waals surface area contributed by atoms with Crippen LogP contribution >= 0.6 is 0 Å². The Morgan fingerprint density at radius 1 is 1.33 bits per heavy atom. The maximum atomic E-state index is 2.42. The van der Waals surface area contributed by atoms with E-state index >= 15 is 0 Å². The monoisotopic (exact) mass is 237 g/mol. The average Bonchev–Trinajstić information content (AvgIpc) is 2.52. The Balaban J connectivity index is 2.42. The van der Waals surface area contributed by atoms with Crippen LogP contribution in [0.4, 0.5) is 0 Å². The first-order valence-electron chi connectivity index (χ1n) is 6.34. The van der Waals surface area contributed by atoms with Crippen molar-refractivity contribution in [1.29, 1.82) is 0 Å². The van der Waals surface area contributed by atoms with Crippen molar-refractivity contribution in [3.05, 3.63) is 22.3 Å². The Kier molecular flexibility index (Phi) is 3.57. The summed E-state index contributed by atoms with van der Waals surface area (Å²) in [4.78, 5) is 0. The number of hydrogen-bond acceptors (Lipinski definition) is 0. The molecule has 0 heterocycles. The third-order valence-electron chi connectivity index (χ3n) is 4.15. The van der Waals surface area contributed by atoms with Crippen LogP contribution in [0.5, 0.6) is 0 Å². The molecule has 2 aliphatic carbocycles. The summed E-state index contributed by atoms with van der Waals surface area (Å²) in [6, 6.07) is 0. The van der Waals surface area contributed by atoms with Crippen LogP contribution in [0.2, 0.25) is 4.22 Å². The van der Waals surface area contributed by atoms with Crippen molar-refractivity contribution in [3.63, 3.8) is 0 Å². The van der Waals surface area contributed by atoms with Gasteiger partial charge in [0.05, 0.1) is 0 Å². The molecule has 0 spiro atoms. The van der Waals surface area contributed by atoms with E-state index in [1.807, 2.05) is 5.57 Å². The molecular formula is C14H21Ti. The standard InChI is InChI=1S/C14H21.Ti/c1-4-11-10(3)13-8-6-7-9-14(13)12(11)5-2;/h8,12H,4-7,9H2,1-3H3;. The fourth-order valence-electron chi connectivity index (χ4n) is 3.51. The van der Waals surface area contributed by atoms with Crippen LogP contribution < -0.4 is 0 Å². The zero-order chi connectivity index (χ0) is 11.0. The van der Waals surface area contributed by atoms with Gasteiger partial charge >= 0.3 is 106 Å². The Labute approximate surface area is 106 Å². The number of allylic oxidation sites excluding steroid dienone is 4. The molecule has 0 radical (unpaired) electrons. The van der Waals surface area contributed by atoms with Crippen LogP contribution in [0, 0.1) is 5.92 Å². The van der Waals surface area contributed by atoms with Crippen LogP contribution in [0.25, 0.3) is 0 Å². The third-order valence-corrected chi connectivity index (χ3v) is 5.05. The summed E-state index contributed by atoms with van der Waals surface area (Å²) in [6.07, 6.45) is 6.76. The second-order valence-corrected chi connectivity index (χ2v) is 5.94. The SMILES string of the molecule is CCC1=C(C)C2=C(CCC[CH]2[Ti])C1CC. The van der Waals surface area contributed by atoms with E-state index in [1.165, 1.54) is 32.1 Å². The van der Waals surface area contributed by atoms with Crippen molar-refractivity contribution in [1.82, 2.24) is 0 Å². The van der Waals surface area contributed by atoms with Crippen molar-refractivity contribution in [2.24, 2.45) is 5.92 Å². The average molecular weight is 237 g/mol. The predicted octanol–water partition coefficient (Wildman–Crippen LogP) is 4.57. The van der Waals surface area contributed by atoms with Gasteiger partial charge < -0.3 is 0 Å². The molecule has 0 saturated heterocycles. The minimum atomic E-state index is 0.813. The van der Waals surface area contributed by atoms with Crippen LogP contribution in [-0.2, 0) is 20.4 Å². The molecule has 0 bridgehead atoms. The van der Waals surface area contributed by atoms with Gasteiger partial charge in [-0.05, 0) is 0 Å². The molecule has 15 heavy (non-hydrogen) atoms. The molecule has 0 saturated carbocycles. The van der Waals surface area contributed by atoms with Crippen LogP contribution in [0.1, 0.15) is 52.9 Å². The molecule has 0 aromatic heterocycles. The first-order valence-corrected chi connectivity index (χ1v) is 7.24. The molecule has 0 fully saturated rings. The summed E-state index contributed by atoms with van der Waals surface area (Å²) in [6.45, 7) is 7.04. The molecule has 81 valence electrons. The van der Waals surface area contributed by atoms with Crippen molar-refractivity contribution >= 4 is 0 Å². The summed E-state index contributed by atoms with van der Waals surface area (Å²) < 4.78 is 0.826. The normalized spacial score (nSPS) is 31.1. The number of hydrogen-bond donors (Lipinski definition) is 0. The molecule has 2 unspecified atom stereocenters. The van der Waals surface area contributed by atoms with Crippen molar-refractivity contribution in [2.75, 3.05) is 0 Å². The van der Waals surface area contributed by atoms with E-state index in [9.17, 15) is 0 Å². The fraction of sp³-hybridized carbons (Fsp3) is 0.714. The van der Waals surface area contributed by atoms with Gasteiger partial charge in [0.25, 0.3) is 0 Å². The van der Waals surface area contributed by atoms with Crippen LogP contribution in [0.15, 0.2) is 22.3 Å². The zero-order valence-electron chi connectivity index (χ0n) is 10.2. The molecule has 2 rings (SSSR count). The van der Waals surface area contributed by atoms with Gasteiger partial charge in [0, 0.05) is 0 Å². The number of rotatable bonds is 2. The van der Waals surface area contributed by atoms with Gasteiger partial charge in [0.15, 0.2) is 0 Å². The van der Waals surface area contributed by atoms with Crippen LogP contribution in [-0.4, -0.2) is 0 Å². The predicted molar refractivity (Wildman–Crippen MR) is 61.4 cm³/mol. The first kappa shape index (κ1) is 11.7. The van der Waals surface area contributed by atoms with Gasteiger partial charge in [-0.15, -0.1) is 0 Å². The second-order valence-electron chi connectivity index (χ2n) is 4.85. The Bertz CT molecular complexity index is 322. The van der Waals surface area contributed by atoms with Gasteiger partial charge in [-0.1, -0.05) is 0 Å². The fourth-order valence-corrected chi connectivity index (χ4v) is 4.46. The van der Waals surface area contributed by atoms with E-state index < -0.39 is 0 Å². The van der Waals surface area contributed by atoms with E-state index in [1.54, 1.807) is 16.7 Å². The molecule has 0 nitrogen and oxygen atoms in total. The van der Waals surface area contributed by atoms with E-state index in [-0.39, 0.29) is 0 Å². The molecule has 1 heteroatoms. The van der Waals surface area contributed by atoms with Gasteiger partial charge in [-0.3, -0.25) is 0 Å². The maximum absolute atomic E-state index is 2.42. The second kappa shape index (κ2) is 4.59. The van der Waals surface area contributed by atoms with Gasteiger partial charge in [-0.25, -0.2) is 0 Å². The Morgan fingerprint density at radius 3 is 2.67 bits per heavy atom. The topological polar surface area (TPSA) is 0 Å². The zero-order valence-corrected chi connectivity index (χ0v) is 11.8. The summed E-state index contributed by atoms with van der Waals surface area (Å²) in [5, 5.41) is 0. The van der Waals surface area contributed by atoms with Crippen molar-refractivity contribution < 1.29 is 20.4 Å². The molecule has 0 aromatic carbocycles. The molecule has 2 atom stereocenters. The minimum absolute atomic E-state index is 0.813. The van der Waals surface area contributed by atoms with Crippen LogP contribution in [0.3, 0.4) is 0 Å². The summed E-state index contributed by atoms with van der Waals surface area (Å²) in [5.74, 6) is 0.813. The van der Waals surface area contributed by atoms with Gasteiger partial charge in [0.1, 0.15) is 0 Å². The van der Waals surface area contributed by atoms with E-state index in [4.69, 9.17) is 0 Å². The molecular weight excluding hydrogens is 216 g/mol. The summed E-state index contributed by atoms with van der Waals surface area (Å²) in [5.41, 5.74) is 6.97. The van der Waals surface area contributed by atoms with E-state index in [0.29, 0.717) is 0 Å². The molecule has 0 aromatic rings. The quantitative estimate of drug-likeness (QED) is 0.617. The Morgan fingerprint density at radius 2 is 2.07 bits per heavy atom. The Hall–Kier alpha value is 0.194. The van der Waals surface area contributed by atoms with Gasteiger partial charge in [0.2, 0.25) is 0 Å². The van der Waals surface area contributed by atoms with Crippen molar-refractivity contribution in [3.8, 4) is 0 Å².